The van der Waals surface area contributed by atoms with Crippen molar-refractivity contribution >= 4 is 11.9 Å². The Morgan fingerprint density at radius 1 is 1.08 bits per heavy atom. The Bertz CT molecular complexity index is 765. The molecule has 2 aromatic carbocycles. The van der Waals surface area contributed by atoms with Gasteiger partial charge in [0.1, 0.15) is 28.6 Å². The van der Waals surface area contributed by atoms with E-state index < -0.39 is 0 Å². The number of aromatic hydroxyl groups is 1. The highest BCUT2D eigenvalue weighted by atomic mass is 16.5. The summed E-state index contributed by atoms with van der Waals surface area (Å²) in [5, 5.41) is 18.8. The zero-order valence-corrected chi connectivity index (χ0v) is 14.8. The van der Waals surface area contributed by atoms with E-state index in [2.05, 4.69) is 0 Å². The van der Waals surface area contributed by atoms with Crippen molar-refractivity contribution in [2.24, 2.45) is 0 Å². The molecule has 2 rings (SSSR count). The first-order chi connectivity index (χ1) is 12.6. The van der Waals surface area contributed by atoms with Gasteiger partial charge in [-0.15, -0.1) is 0 Å². The largest absolute Gasteiger partial charge is 0.507 e. The third kappa shape index (κ3) is 5.00. The summed E-state index contributed by atoms with van der Waals surface area (Å²) in [5.74, 6) is 0.742. The summed E-state index contributed by atoms with van der Waals surface area (Å²) in [5.41, 5.74) is 0.883. The molecule has 0 aliphatic carbocycles. The minimum absolute atomic E-state index is 0.0773. The number of hydrogen-bond acceptors (Lipinski definition) is 6. The number of methoxy groups -OCH3 is 2. The third-order valence-corrected chi connectivity index (χ3v) is 3.64. The predicted octanol–water partition coefficient (Wildman–Crippen LogP) is 3.07. The highest BCUT2D eigenvalue weighted by Crippen LogP contribution is 2.33. The van der Waals surface area contributed by atoms with E-state index in [-0.39, 0.29) is 29.5 Å². The van der Waals surface area contributed by atoms with Crippen molar-refractivity contribution in [1.29, 1.82) is 0 Å². The molecule has 0 aliphatic heterocycles. The lowest BCUT2D eigenvalue weighted by Gasteiger charge is -2.10. The van der Waals surface area contributed by atoms with Gasteiger partial charge in [0.25, 0.3) is 0 Å². The maximum atomic E-state index is 12.4. The zero-order valence-electron chi connectivity index (χ0n) is 14.8. The van der Waals surface area contributed by atoms with E-state index in [9.17, 15) is 9.90 Å². The van der Waals surface area contributed by atoms with Gasteiger partial charge in [0.2, 0.25) is 0 Å². The topological polar surface area (TPSA) is 85.2 Å². The van der Waals surface area contributed by atoms with Crippen LogP contribution in [0.3, 0.4) is 0 Å². The van der Waals surface area contributed by atoms with Crippen molar-refractivity contribution in [3.8, 4) is 23.0 Å². The highest BCUT2D eigenvalue weighted by molar-refractivity contribution is 6.10. The molecule has 138 valence electrons. The molecule has 2 aromatic rings. The Kier molecular flexibility index (Phi) is 7.05. The first-order valence-corrected chi connectivity index (χ1v) is 8.10. The number of ether oxygens (including phenoxy) is 3. The number of aliphatic hydroxyl groups is 1. The molecule has 0 bridgehead atoms. The lowest BCUT2D eigenvalue weighted by molar-refractivity contribution is 0.104. The molecule has 6 heteroatoms. The Morgan fingerprint density at radius 2 is 1.81 bits per heavy atom. The summed E-state index contributed by atoms with van der Waals surface area (Å²) in [6, 6.07) is 10.1. The van der Waals surface area contributed by atoms with Crippen LogP contribution in [-0.2, 0) is 0 Å². The number of aliphatic hydroxyl groups excluding tert-OH is 1. The van der Waals surface area contributed by atoms with Crippen LogP contribution in [0, 0.1) is 0 Å². The fraction of sp³-hybridized carbons (Fsp3) is 0.250. The standard InChI is InChI=1S/C20H22O6/c1-24-16-12-18(23)20(19(13-16)25-2)17(22)9-6-14-4-7-15(8-5-14)26-11-3-10-21/h4-9,12-13,21,23H,3,10-11H2,1-2H3/b9-6+. The number of rotatable bonds is 9. The molecular formula is C20H22O6. The molecule has 0 spiro atoms. The monoisotopic (exact) mass is 358 g/mol. The normalized spacial score (nSPS) is 10.7. The van der Waals surface area contributed by atoms with E-state index in [1.54, 1.807) is 24.3 Å². The molecular weight excluding hydrogens is 336 g/mol. The summed E-state index contributed by atoms with van der Waals surface area (Å²) in [7, 11) is 2.89. The molecule has 2 N–H and O–H groups in total. The fourth-order valence-corrected chi connectivity index (χ4v) is 2.29. The van der Waals surface area contributed by atoms with Gasteiger partial charge in [-0.1, -0.05) is 18.2 Å². The van der Waals surface area contributed by atoms with Crippen LogP contribution in [0.25, 0.3) is 6.08 Å². The second kappa shape index (κ2) is 9.48. The Balaban J connectivity index is 2.12. The molecule has 0 aromatic heterocycles. The Labute approximate surface area is 152 Å². The van der Waals surface area contributed by atoms with Gasteiger partial charge >= 0.3 is 0 Å². The van der Waals surface area contributed by atoms with E-state index in [0.717, 1.165) is 5.56 Å². The van der Waals surface area contributed by atoms with Gasteiger partial charge in [0, 0.05) is 25.2 Å². The summed E-state index contributed by atoms with van der Waals surface area (Å²) < 4.78 is 15.7. The molecule has 0 heterocycles. The molecule has 0 saturated heterocycles. The zero-order chi connectivity index (χ0) is 18.9. The first kappa shape index (κ1) is 19.3. The molecule has 0 amide bonds. The fourth-order valence-electron chi connectivity index (χ4n) is 2.29. The minimum atomic E-state index is -0.384. The van der Waals surface area contributed by atoms with Crippen LogP contribution in [0.15, 0.2) is 42.5 Å². The van der Waals surface area contributed by atoms with Crippen LogP contribution in [0.4, 0.5) is 0 Å². The number of hydrogen-bond donors (Lipinski definition) is 2. The van der Waals surface area contributed by atoms with Crippen molar-refractivity contribution < 1.29 is 29.2 Å². The summed E-state index contributed by atoms with van der Waals surface area (Å²) in [6.45, 7) is 0.533. The number of phenolic OH excluding ortho intramolecular Hbond substituents is 1. The molecule has 0 unspecified atom stereocenters. The van der Waals surface area contributed by atoms with Crippen molar-refractivity contribution in [3.63, 3.8) is 0 Å². The van der Waals surface area contributed by atoms with Crippen LogP contribution in [0.5, 0.6) is 23.0 Å². The summed E-state index contributed by atoms with van der Waals surface area (Å²) in [6.07, 6.45) is 3.58. The van der Waals surface area contributed by atoms with E-state index in [4.69, 9.17) is 19.3 Å². The van der Waals surface area contributed by atoms with Gasteiger partial charge in [-0.25, -0.2) is 0 Å². The van der Waals surface area contributed by atoms with Crippen LogP contribution >= 0.6 is 0 Å². The van der Waals surface area contributed by atoms with Crippen LogP contribution in [-0.4, -0.2) is 43.4 Å². The quantitative estimate of drug-likeness (QED) is 0.407. The Morgan fingerprint density at radius 3 is 2.42 bits per heavy atom. The maximum absolute atomic E-state index is 12.4. The lowest BCUT2D eigenvalue weighted by Crippen LogP contribution is -2.00. The maximum Gasteiger partial charge on any atom is 0.193 e. The van der Waals surface area contributed by atoms with E-state index >= 15 is 0 Å². The average Bonchev–Trinajstić information content (AvgIpc) is 2.66. The Hall–Kier alpha value is -2.99. The number of benzene rings is 2. The minimum Gasteiger partial charge on any atom is -0.507 e. The smallest absolute Gasteiger partial charge is 0.193 e. The van der Waals surface area contributed by atoms with Crippen LogP contribution in [0.1, 0.15) is 22.3 Å². The number of ketones is 1. The number of allylic oxidation sites excluding steroid dienone is 1. The first-order valence-electron chi connectivity index (χ1n) is 8.10. The second-order valence-corrected chi connectivity index (χ2v) is 5.42. The number of phenols is 1. The molecule has 0 atom stereocenters. The van der Waals surface area contributed by atoms with E-state index in [1.165, 1.54) is 26.4 Å². The van der Waals surface area contributed by atoms with Crippen molar-refractivity contribution in [2.75, 3.05) is 27.4 Å². The third-order valence-electron chi connectivity index (χ3n) is 3.64. The molecule has 0 saturated carbocycles. The van der Waals surface area contributed by atoms with Gasteiger partial charge in [0.15, 0.2) is 5.78 Å². The molecule has 0 aliphatic rings. The molecule has 0 radical (unpaired) electrons. The van der Waals surface area contributed by atoms with Gasteiger partial charge in [-0.3, -0.25) is 4.79 Å². The SMILES string of the molecule is COc1cc(O)c(C(=O)/C=C/c2ccc(OCCCO)cc2)c(OC)c1. The van der Waals surface area contributed by atoms with Crippen molar-refractivity contribution in [1.82, 2.24) is 0 Å². The number of carbonyl (C=O) groups excluding carboxylic acids is 1. The van der Waals surface area contributed by atoms with Gasteiger partial charge in [-0.2, -0.15) is 0 Å². The highest BCUT2D eigenvalue weighted by Gasteiger charge is 2.17. The molecule has 6 nitrogen and oxygen atoms in total. The summed E-state index contributed by atoms with van der Waals surface area (Å²) in [4.78, 5) is 12.4. The molecule has 26 heavy (non-hydrogen) atoms. The van der Waals surface area contributed by atoms with E-state index in [0.29, 0.717) is 24.5 Å². The number of carbonyl (C=O) groups is 1. The van der Waals surface area contributed by atoms with Crippen LogP contribution < -0.4 is 14.2 Å². The predicted molar refractivity (Wildman–Crippen MR) is 98.2 cm³/mol. The van der Waals surface area contributed by atoms with Crippen molar-refractivity contribution in [2.45, 2.75) is 6.42 Å². The summed E-state index contributed by atoms with van der Waals surface area (Å²) >= 11 is 0. The second-order valence-electron chi connectivity index (χ2n) is 5.42. The molecule has 0 fully saturated rings. The van der Waals surface area contributed by atoms with Crippen LogP contribution in [0.2, 0.25) is 0 Å². The van der Waals surface area contributed by atoms with Gasteiger partial charge < -0.3 is 24.4 Å². The van der Waals surface area contributed by atoms with E-state index in [1.807, 2.05) is 12.1 Å². The van der Waals surface area contributed by atoms with Gasteiger partial charge in [0.05, 0.1) is 20.8 Å². The lowest BCUT2D eigenvalue weighted by atomic mass is 10.1. The van der Waals surface area contributed by atoms with Gasteiger partial charge in [-0.05, 0) is 23.8 Å². The average molecular weight is 358 g/mol. The van der Waals surface area contributed by atoms with Crippen molar-refractivity contribution in [3.05, 3.63) is 53.6 Å².